The minimum absolute atomic E-state index is 0.152. The molecule has 1 unspecified atom stereocenters. The van der Waals surface area contributed by atoms with E-state index in [9.17, 15) is 19.2 Å². The monoisotopic (exact) mass is 450 g/mol. The highest BCUT2D eigenvalue weighted by Crippen LogP contribution is 2.19. The minimum Gasteiger partial charge on any atom is -0.454 e. The molecule has 0 aliphatic heterocycles. The lowest BCUT2D eigenvalue weighted by Gasteiger charge is -2.16. The molecule has 0 fully saturated rings. The molecule has 9 heteroatoms. The SMILES string of the molecule is CC(=O)NC(Cc1c[nH]c2ccccc12)C(=O)OCC(=O)Nc1ccc(C(=O)N(C)C)cc1. The maximum Gasteiger partial charge on any atom is 0.329 e. The summed E-state index contributed by atoms with van der Waals surface area (Å²) in [6, 6.07) is 13.1. The zero-order valence-corrected chi connectivity index (χ0v) is 18.7. The average Bonchev–Trinajstić information content (AvgIpc) is 3.19. The van der Waals surface area contributed by atoms with Crippen LogP contribution in [0.15, 0.2) is 54.7 Å². The molecule has 3 amide bonds. The predicted octanol–water partition coefficient (Wildman–Crippen LogP) is 2.10. The molecule has 172 valence electrons. The number of benzene rings is 2. The third-order valence-corrected chi connectivity index (χ3v) is 4.93. The number of ether oxygens (including phenoxy) is 1. The lowest BCUT2D eigenvalue weighted by molar-refractivity contribution is -0.150. The summed E-state index contributed by atoms with van der Waals surface area (Å²) in [4.78, 5) is 53.0. The van der Waals surface area contributed by atoms with Gasteiger partial charge in [-0.3, -0.25) is 14.4 Å². The van der Waals surface area contributed by atoms with Crippen molar-refractivity contribution in [1.29, 1.82) is 0 Å². The van der Waals surface area contributed by atoms with Gasteiger partial charge in [-0.25, -0.2) is 4.79 Å². The van der Waals surface area contributed by atoms with Crippen molar-refractivity contribution in [2.45, 2.75) is 19.4 Å². The van der Waals surface area contributed by atoms with E-state index in [0.717, 1.165) is 16.5 Å². The van der Waals surface area contributed by atoms with E-state index in [1.54, 1.807) is 44.6 Å². The first-order chi connectivity index (χ1) is 15.7. The van der Waals surface area contributed by atoms with Crippen molar-refractivity contribution in [3.8, 4) is 0 Å². The first-order valence-electron chi connectivity index (χ1n) is 10.3. The van der Waals surface area contributed by atoms with Gasteiger partial charge in [-0.1, -0.05) is 18.2 Å². The molecule has 3 rings (SSSR count). The van der Waals surface area contributed by atoms with Crippen LogP contribution in [-0.2, 0) is 25.5 Å². The van der Waals surface area contributed by atoms with Gasteiger partial charge >= 0.3 is 5.97 Å². The van der Waals surface area contributed by atoms with Gasteiger partial charge in [0.15, 0.2) is 6.61 Å². The van der Waals surface area contributed by atoms with Crippen molar-refractivity contribution in [2.75, 3.05) is 26.0 Å². The summed E-state index contributed by atoms with van der Waals surface area (Å²) in [7, 11) is 3.30. The van der Waals surface area contributed by atoms with Crippen LogP contribution in [0.25, 0.3) is 10.9 Å². The zero-order chi connectivity index (χ0) is 24.0. The molecule has 0 aliphatic rings. The fourth-order valence-corrected chi connectivity index (χ4v) is 3.35. The highest BCUT2D eigenvalue weighted by atomic mass is 16.5. The van der Waals surface area contributed by atoms with Crippen LogP contribution >= 0.6 is 0 Å². The summed E-state index contributed by atoms with van der Waals surface area (Å²) in [6.07, 6.45) is 2.00. The Kier molecular flexibility index (Phi) is 7.45. The van der Waals surface area contributed by atoms with Crippen molar-refractivity contribution in [2.24, 2.45) is 0 Å². The molecular weight excluding hydrogens is 424 g/mol. The fraction of sp³-hybridized carbons (Fsp3) is 0.250. The van der Waals surface area contributed by atoms with Crippen molar-refractivity contribution in [3.05, 3.63) is 65.9 Å². The Bertz CT molecular complexity index is 1170. The fourth-order valence-electron chi connectivity index (χ4n) is 3.35. The van der Waals surface area contributed by atoms with Gasteiger partial charge in [0.25, 0.3) is 11.8 Å². The summed E-state index contributed by atoms with van der Waals surface area (Å²) in [5.74, 6) is -1.78. The van der Waals surface area contributed by atoms with Gasteiger partial charge in [0.05, 0.1) is 0 Å². The van der Waals surface area contributed by atoms with E-state index >= 15 is 0 Å². The van der Waals surface area contributed by atoms with Crippen LogP contribution in [0.1, 0.15) is 22.8 Å². The molecule has 3 aromatic rings. The Morgan fingerprint density at radius 1 is 1.03 bits per heavy atom. The number of para-hydroxylation sites is 1. The van der Waals surface area contributed by atoms with Crippen molar-refractivity contribution >= 4 is 40.3 Å². The van der Waals surface area contributed by atoms with Gasteiger partial charge in [-0.15, -0.1) is 0 Å². The van der Waals surface area contributed by atoms with E-state index in [1.165, 1.54) is 11.8 Å². The number of aromatic amines is 1. The smallest absolute Gasteiger partial charge is 0.329 e. The van der Waals surface area contributed by atoms with Gasteiger partial charge in [-0.05, 0) is 35.9 Å². The first-order valence-corrected chi connectivity index (χ1v) is 10.3. The molecular formula is C24H26N4O5. The molecule has 0 saturated carbocycles. The van der Waals surface area contributed by atoms with Gasteiger partial charge in [0.1, 0.15) is 6.04 Å². The van der Waals surface area contributed by atoms with Crippen LogP contribution < -0.4 is 10.6 Å². The predicted molar refractivity (Wildman–Crippen MR) is 124 cm³/mol. The maximum absolute atomic E-state index is 12.6. The molecule has 0 radical (unpaired) electrons. The average molecular weight is 450 g/mol. The Labute approximate surface area is 191 Å². The van der Waals surface area contributed by atoms with Crippen molar-refractivity contribution in [3.63, 3.8) is 0 Å². The quantitative estimate of drug-likeness (QED) is 0.454. The zero-order valence-electron chi connectivity index (χ0n) is 18.7. The van der Waals surface area contributed by atoms with E-state index in [1.807, 2.05) is 24.3 Å². The molecule has 1 heterocycles. The molecule has 3 N–H and O–H groups in total. The third-order valence-electron chi connectivity index (χ3n) is 4.93. The number of fused-ring (bicyclic) bond motifs is 1. The summed E-state index contributed by atoms with van der Waals surface area (Å²) < 4.78 is 5.16. The lowest BCUT2D eigenvalue weighted by atomic mass is 10.0. The number of nitrogens with zero attached hydrogens (tertiary/aromatic N) is 1. The molecule has 9 nitrogen and oxygen atoms in total. The molecule has 0 bridgehead atoms. The van der Waals surface area contributed by atoms with Gasteiger partial charge in [0.2, 0.25) is 5.91 Å². The number of rotatable bonds is 8. The number of hydrogen-bond donors (Lipinski definition) is 3. The van der Waals surface area contributed by atoms with E-state index in [-0.39, 0.29) is 18.2 Å². The van der Waals surface area contributed by atoms with Crippen LogP contribution in [0.2, 0.25) is 0 Å². The van der Waals surface area contributed by atoms with Crippen LogP contribution in [-0.4, -0.2) is 60.3 Å². The number of anilines is 1. The Balaban J connectivity index is 1.58. The Hall–Kier alpha value is -4.14. The first kappa shape index (κ1) is 23.5. The van der Waals surface area contributed by atoms with Crippen molar-refractivity contribution in [1.82, 2.24) is 15.2 Å². The van der Waals surface area contributed by atoms with Gasteiger partial charge < -0.3 is 25.3 Å². The van der Waals surface area contributed by atoms with Crippen LogP contribution in [0.4, 0.5) is 5.69 Å². The van der Waals surface area contributed by atoms with Crippen LogP contribution in [0.5, 0.6) is 0 Å². The third kappa shape index (κ3) is 6.19. The molecule has 2 aromatic carbocycles. The maximum atomic E-state index is 12.6. The molecule has 1 aromatic heterocycles. The number of H-pyrrole nitrogens is 1. The Morgan fingerprint density at radius 2 is 1.73 bits per heavy atom. The topological polar surface area (TPSA) is 121 Å². The molecule has 0 saturated heterocycles. The van der Waals surface area contributed by atoms with Gasteiger partial charge in [-0.2, -0.15) is 0 Å². The van der Waals surface area contributed by atoms with E-state index in [0.29, 0.717) is 11.3 Å². The second-order valence-corrected chi connectivity index (χ2v) is 7.75. The number of carbonyl (C=O) groups excluding carboxylic acids is 4. The van der Waals surface area contributed by atoms with E-state index < -0.39 is 24.5 Å². The normalized spacial score (nSPS) is 11.5. The van der Waals surface area contributed by atoms with E-state index in [4.69, 9.17) is 4.74 Å². The minimum atomic E-state index is -0.939. The Morgan fingerprint density at radius 3 is 2.39 bits per heavy atom. The number of hydrogen-bond acceptors (Lipinski definition) is 5. The second kappa shape index (κ2) is 10.4. The molecule has 33 heavy (non-hydrogen) atoms. The summed E-state index contributed by atoms with van der Waals surface area (Å²) in [5, 5.41) is 6.14. The molecule has 1 atom stereocenters. The summed E-state index contributed by atoms with van der Waals surface area (Å²) >= 11 is 0. The molecule has 0 spiro atoms. The van der Waals surface area contributed by atoms with E-state index in [2.05, 4.69) is 15.6 Å². The van der Waals surface area contributed by atoms with Gasteiger partial charge in [0, 0.05) is 55.8 Å². The summed E-state index contributed by atoms with van der Waals surface area (Å²) in [6.45, 7) is 0.800. The second-order valence-electron chi connectivity index (χ2n) is 7.75. The number of amides is 3. The highest BCUT2D eigenvalue weighted by molar-refractivity contribution is 5.96. The number of carbonyl (C=O) groups is 4. The number of esters is 1. The highest BCUT2D eigenvalue weighted by Gasteiger charge is 2.24. The lowest BCUT2D eigenvalue weighted by Crippen LogP contribution is -2.43. The number of nitrogens with one attached hydrogen (secondary N) is 3. The number of aromatic nitrogens is 1. The van der Waals surface area contributed by atoms with Crippen LogP contribution in [0.3, 0.4) is 0 Å². The molecule has 0 aliphatic carbocycles. The van der Waals surface area contributed by atoms with Crippen molar-refractivity contribution < 1.29 is 23.9 Å². The van der Waals surface area contributed by atoms with Crippen LogP contribution in [0, 0.1) is 0 Å². The standard InChI is InChI=1S/C24H26N4O5/c1-15(29)26-21(12-17-13-25-20-7-5-4-6-19(17)20)24(32)33-14-22(30)27-18-10-8-16(9-11-18)23(31)28(2)3/h4-11,13,21,25H,12,14H2,1-3H3,(H,26,29)(H,27,30). The summed E-state index contributed by atoms with van der Waals surface area (Å²) in [5.41, 5.74) is 2.71. The largest absolute Gasteiger partial charge is 0.454 e.